The Kier molecular flexibility index (Phi) is 5.39. The standard InChI is InChI=1S/C17H25Cl2N/c1-17(2)8-7-13(11-20-3)14(10-17)9-12-5-4-6-15(18)16(12)19/h4-6,13-14,20H,7-11H2,1-3H3. The predicted octanol–water partition coefficient (Wildman–Crippen LogP) is 5.20. The van der Waals surface area contributed by atoms with Crippen LogP contribution in [0.2, 0.25) is 10.0 Å². The highest BCUT2D eigenvalue weighted by atomic mass is 35.5. The van der Waals surface area contributed by atoms with Gasteiger partial charge < -0.3 is 5.32 Å². The van der Waals surface area contributed by atoms with Gasteiger partial charge in [-0.2, -0.15) is 0 Å². The third-order valence-corrected chi connectivity index (χ3v) is 5.51. The van der Waals surface area contributed by atoms with Crippen molar-refractivity contribution >= 4 is 23.2 Å². The molecule has 0 spiro atoms. The Morgan fingerprint density at radius 2 is 2.00 bits per heavy atom. The second-order valence-electron chi connectivity index (χ2n) is 6.90. The predicted molar refractivity (Wildman–Crippen MR) is 88.7 cm³/mol. The fourth-order valence-corrected chi connectivity index (χ4v) is 3.95. The molecule has 0 bridgehead atoms. The summed E-state index contributed by atoms with van der Waals surface area (Å²) in [5, 5.41) is 4.76. The maximum atomic E-state index is 6.36. The molecule has 1 aromatic rings. The molecule has 0 aromatic heterocycles. The van der Waals surface area contributed by atoms with E-state index in [1.165, 1.54) is 24.8 Å². The van der Waals surface area contributed by atoms with Crippen LogP contribution in [-0.4, -0.2) is 13.6 Å². The molecule has 0 saturated heterocycles. The van der Waals surface area contributed by atoms with Crippen molar-refractivity contribution in [1.82, 2.24) is 5.32 Å². The van der Waals surface area contributed by atoms with Gasteiger partial charge in [0.25, 0.3) is 0 Å². The molecule has 1 nitrogen and oxygen atoms in total. The van der Waals surface area contributed by atoms with Gasteiger partial charge in [-0.05, 0) is 68.2 Å². The van der Waals surface area contributed by atoms with Gasteiger partial charge in [0.05, 0.1) is 10.0 Å². The van der Waals surface area contributed by atoms with Crippen LogP contribution < -0.4 is 5.32 Å². The van der Waals surface area contributed by atoms with Gasteiger partial charge in [0.1, 0.15) is 0 Å². The molecule has 0 radical (unpaired) electrons. The number of halogens is 2. The maximum Gasteiger partial charge on any atom is 0.0624 e. The molecule has 112 valence electrons. The third kappa shape index (κ3) is 3.90. The number of benzene rings is 1. The van der Waals surface area contributed by atoms with Crippen LogP contribution in [0.1, 0.15) is 38.7 Å². The second-order valence-corrected chi connectivity index (χ2v) is 7.69. The van der Waals surface area contributed by atoms with Crippen LogP contribution in [0.4, 0.5) is 0 Å². The molecule has 1 saturated carbocycles. The van der Waals surface area contributed by atoms with Gasteiger partial charge >= 0.3 is 0 Å². The first-order chi connectivity index (χ1) is 9.43. The van der Waals surface area contributed by atoms with Gasteiger partial charge in [-0.25, -0.2) is 0 Å². The largest absolute Gasteiger partial charge is 0.319 e. The molecule has 1 aliphatic rings. The van der Waals surface area contributed by atoms with Gasteiger partial charge in [-0.3, -0.25) is 0 Å². The lowest BCUT2D eigenvalue weighted by molar-refractivity contribution is 0.117. The van der Waals surface area contributed by atoms with Crippen molar-refractivity contribution in [3.05, 3.63) is 33.8 Å². The topological polar surface area (TPSA) is 12.0 Å². The highest BCUT2D eigenvalue weighted by Gasteiger charge is 2.34. The number of nitrogens with one attached hydrogen (secondary N) is 1. The minimum Gasteiger partial charge on any atom is -0.319 e. The van der Waals surface area contributed by atoms with E-state index in [2.05, 4.69) is 25.2 Å². The highest BCUT2D eigenvalue weighted by Crippen LogP contribution is 2.43. The van der Waals surface area contributed by atoms with Crippen LogP contribution in [-0.2, 0) is 6.42 Å². The summed E-state index contributed by atoms with van der Waals surface area (Å²) in [5.74, 6) is 1.42. The van der Waals surface area contributed by atoms with E-state index in [4.69, 9.17) is 23.2 Å². The molecule has 1 aliphatic carbocycles. The molecular formula is C17H25Cl2N. The Morgan fingerprint density at radius 1 is 1.25 bits per heavy atom. The zero-order valence-corrected chi connectivity index (χ0v) is 14.2. The van der Waals surface area contributed by atoms with Gasteiger partial charge in [-0.1, -0.05) is 49.2 Å². The van der Waals surface area contributed by atoms with E-state index in [9.17, 15) is 0 Å². The van der Waals surface area contributed by atoms with Crippen LogP contribution in [0, 0.1) is 17.3 Å². The monoisotopic (exact) mass is 313 g/mol. The van der Waals surface area contributed by atoms with Gasteiger partial charge in [0, 0.05) is 0 Å². The molecule has 1 fully saturated rings. The Bertz CT molecular complexity index is 456. The van der Waals surface area contributed by atoms with Crippen LogP contribution in [0.3, 0.4) is 0 Å². The normalized spacial score (nSPS) is 25.6. The molecular weight excluding hydrogens is 289 g/mol. The van der Waals surface area contributed by atoms with E-state index in [1.807, 2.05) is 19.2 Å². The lowest BCUT2D eigenvalue weighted by Gasteiger charge is -2.41. The summed E-state index contributed by atoms with van der Waals surface area (Å²) in [7, 11) is 2.04. The molecule has 3 heteroatoms. The van der Waals surface area contributed by atoms with Crippen molar-refractivity contribution in [3.63, 3.8) is 0 Å². The highest BCUT2D eigenvalue weighted by molar-refractivity contribution is 6.42. The smallest absolute Gasteiger partial charge is 0.0624 e. The van der Waals surface area contributed by atoms with Crippen LogP contribution in [0.25, 0.3) is 0 Å². The van der Waals surface area contributed by atoms with E-state index in [-0.39, 0.29) is 0 Å². The summed E-state index contributed by atoms with van der Waals surface area (Å²) in [4.78, 5) is 0. The van der Waals surface area contributed by atoms with Crippen LogP contribution in [0.5, 0.6) is 0 Å². The van der Waals surface area contributed by atoms with Crippen molar-refractivity contribution in [2.24, 2.45) is 17.3 Å². The number of hydrogen-bond acceptors (Lipinski definition) is 1. The molecule has 2 unspecified atom stereocenters. The third-order valence-electron chi connectivity index (χ3n) is 4.65. The van der Waals surface area contributed by atoms with E-state index in [1.54, 1.807) is 0 Å². The molecule has 20 heavy (non-hydrogen) atoms. The molecule has 0 amide bonds. The Morgan fingerprint density at radius 3 is 2.70 bits per heavy atom. The summed E-state index contributed by atoms with van der Waals surface area (Å²) in [6.45, 7) is 5.86. The molecule has 0 heterocycles. The van der Waals surface area contributed by atoms with Gasteiger partial charge in [0.2, 0.25) is 0 Å². The van der Waals surface area contributed by atoms with Crippen molar-refractivity contribution < 1.29 is 0 Å². The first-order valence-electron chi connectivity index (χ1n) is 7.50. The van der Waals surface area contributed by atoms with E-state index < -0.39 is 0 Å². The molecule has 1 N–H and O–H groups in total. The fourth-order valence-electron chi connectivity index (χ4n) is 3.55. The van der Waals surface area contributed by atoms with Crippen LogP contribution >= 0.6 is 23.2 Å². The van der Waals surface area contributed by atoms with E-state index >= 15 is 0 Å². The van der Waals surface area contributed by atoms with Gasteiger partial charge in [-0.15, -0.1) is 0 Å². The zero-order chi connectivity index (χ0) is 14.8. The number of hydrogen-bond donors (Lipinski definition) is 1. The Labute approximate surface area is 133 Å². The maximum absolute atomic E-state index is 6.36. The SMILES string of the molecule is CNCC1CCC(C)(C)CC1Cc1cccc(Cl)c1Cl. The summed E-state index contributed by atoms with van der Waals surface area (Å²) < 4.78 is 0. The van der Waals surface area contributed by atoms with Crippen molar-refractivity contribution in [1.29, 1.82) is 0 Å². The lowest BCUT2D eigenvalue weighted by Crippen LogP contribution is -2.36. The first kappa shape index (κ1) is 16.1. The summed E-state index contributed by atoms with van der Waals surface area (Å²) in [5.41, 5.74) is 1.64. The minimum atomic E-state index is 0.444. The summed E-state index contributed by atoms with van der Waals surface area (Å²) in [6, 6.07) is 5.99. The quantitative estimate of drug-likeness (QED) is 0.805. The average molecular weight is 314 g/mol. The first-order valence-corrected chi connectivity index (χ1v) is 8.26. The number of rotatable bonds is 4. The van der Waals surface area contributed by atoms with Gasteiger partial charge in [0.15, 0.2) is 0 Å². The van der Waals surface area contributed by atoms with Crippen molar-refractivity contribution in [2.75, 3.05) is 13.6 Å². The Balaban J connectivity index is 2.16. The molecule has 2 atom stereocenters. The van der Waals surface area contributed by atoms with E-state index in [0.29, 0.717) is 16.4 Å². The zero-order valence-electron chi connectivity index (χ0n) is 12.7. The van der Waals surface area contributed by atoms with Crippen molar-refractivity contribution in [3.8, 4) is 0 Å². The summed E-state index contributed by atoms with van der Waals surface area (Å²) >= 11 is 12.5. The van der Waals surface area contributed by atoms with Crippen molar-refractivity contribution in [2.45, 2.75) is 39.5 Å². The molecule has 2 rings (SSSR count). The van der Waals surface area contributed by atoms with E-state index in [0.717, 1.165) is 23.9 Å². The average Bonchev–Trinajstić information content (AvgIpc) is 2.38. The molecule has 1 aromatic carbocycles. The lowest BCUT2D eigenvalue weighted by atomic mass is 9.65. The second kappa shape index (κ2) is 6.68. The fraction of sp³-hybridized carbons (Fsp3) is 0.647. The van der Waals surface area contributed by atoms with Crippen LogP contribution in [0.15, 0.2) is 18.2 Å². The Hall–Kier alpha value is -0.240. The minimum absolute atomic E-state index is 0.444. The summed E-state index contributed by atoms with van der Waals surface area (Å²) in [6.07, 6.45) is 4.92. The molecule has 0 aliphatic heterocycles.